The molecule has 0 atom stereocenters. The highest BCUT2D eigenvalue weighted by atomic mass is 16.7. The molecule has 4 aliphatic rings. The van der Waals surface area contributed by atoms with E-state index in [0.717, 1.165) is 36.8 Å². The molecule has 0 aromatic heterocycles. The zero-order chi connectivity index (χ0) is 21.2. The standard InChI is InChI=1S/C26H31BO3/c1-23(2)24(3,4)30-27(29-23)26-16-25(17-26,18-26)15-14-22(28)21-12-10-20(11-13-21)19-8-6-5-7-9-19/h5-13H,14-18H2,1-4H3. The molecule has 156 valence electrons. The Morgan fingerprint density at radius 2 is 1.37 bits per heavy atom. The van der Waals surface area contributed by atoms with Gasteiger partial charge < -0.3 is 9.31 Å². The summed E-state index contributed by atoms with van der Waals surface area (Å²) >= 11 is 0. The highest BCUT2D eigenvalue weighted by Crippen LogP contribution is 2.82. The first-order valence-corrected chi connectivity index (χ1v) is 11.2. The number of carbonyl (C=O) groups is 1. The predicted molar refractivity (Wildman–Crippen MR) is 121 cm³/mol. The van der Waals surface area contributed by atoms with Crippen LogP contribution in [0.4, 0.5) is 0 Å². The van der Waals surface area contributed by atoms with Gasteiger partial charge in [-0.15, -0.1) is 0 Å². The van der Waals surface area contributed by atoms with E-state index in [4.69, 9.17) is 9.31 Å². The van der Waals surface area contributed by atoms with Crippen LogP contribution in [0.2, 0.25) is 5.31 Å². The molecule has 2 aromatic rings. The van der Waals surface area contributed by atoms with Crippen LogP contribution in [0.25, 0.3) is 11.1 Å². The number of ketones is 1. The van der Waals surface area contributed by atoms with Crippen LogP contribution in [-0.2, 0) is 9.31 Å². The fraction of sp³-hybridized carbons (Fsp3) is 0.500. The van der Waals surface area contributed by atoms with Gasteiger partial charge in [0.05, 0.1) is 11.2 Å². The normalized spacial score (nSPS) is 30.5. The molecule has 1 saturated heterocycles. The molecular formula is C26H31BO3. The van der Waals surface area contributed by atoms with E-state index in [1.165, 1.54) is 5.56 Å². The summed E-state index contributed by atoms with van der Waals surface area (Å²) in [5, 5.41) is 0.186. The van der Waals surface area contributed by atoms with E-state index in [0.29, 0.717) is 11.8 Å². The summed E-state index contributed by atoms with van der Waals surface area (Å²) in [5.41, 5.74) is 2.96. The van der Waals surface area contributed by atoms with Gasteiger partial charge in [-0.3, -0.25) is 4.79 Å². The average Bonchev–Trinajstić information content (AvgIpc) is 2.87. The molecule has 3 aliphatic carbocycles. The molecule has 30 heavy (non-hydrogen) atoms. The van der Waals surface area contributed by atoms with Crippen LogP contribution in [0.1, 0.15) is 70.2 Å². The van der Waals surface area contributed by atoms with Crippen LogP contribution >= 0.6 is 0 Å². The maximum Gasteiger partial charge on any atom is 0.464 e. The number of rotatable bonds is 6. The molecule has 1 aliphatic heterocycles. The lowest BCUT2D eigenvalue weighted by atomic mass is 9.23. The molecular weight excluding hydrogens is 371 g/mol. The number of benzene rings is 2. The third-order valence-electron chi connectivity index (χ3n) is 8.13. The first-order valence-electron chi connectivity index (χ1n) is 11.2. The van der Waals surface area contributed by atoms with Crippen molar-refractivity contribution in [3.63, 3.8) is 0 Å². The Balaban J connectivity index is 1.15. The van der Waals surface area contributed by atoms with Crippen LogP contribution in [0.5, 0.6) is 0 Å². The molecule has 3 nitrogen and oxygen atoms in total. The molecule has 4 heteroatoms. The van der Waals surface area contributed by atoms with Crippen molar-refractivity contribution in [2.75, 3.05) is 0 Å². The zero-order valence-electron chi connectivity index (χ0n) is 18.5. The number of hydrogen-bond acceptors (Lipinski definition) is 3. The number of Topliss-reactive ketones (excluding diaryl/α,β-unsaturated/α-hetero) is 1. The fourth-order valence-corrected chi connectivity index (χ4v) is 5.70. The van der Waals surface area contributed by atoms with Crippen molar-refractivity contribution in [2.24, 2.45) is 5.41 Å². The molecule has 0 spiro atoms. The Morgan fingerprint density at radius 3 is 1.93 bits per heavy atom. The van der Waals surface area contributed by atoms with Crippen LogP contribution in [0, 0.1) is 5.41 Å². The Labute approximate surface area is 180 Å². The Bertz CT molecular complexity index is 926. The van der Waals surface area contributed by atoms with E-state index in [9.17, 15) is 4.79 Å². The monoisotopic (exact) mass is 402 g/mol. The second-order valence-electron chi connectivity index (χ2n) is 10.8. The smallest absolute Gasteiger partial charge is 0.403 e. The molecule has 0 amide bonds. The van der Waals surface area contributed by atoms with Crippen LogP contribution in [0.3, 0.4) is 0 Å². The minimum Gasteiger partial charge on any atom is -0.403 e. The lowest BCUT2D eigenvalue weighted by molar-refractivity contribution is -0.115. The molecule has 2 aromatic carbocycles. The second kappa shape index (κ2) is 6.54. The molecule has 0 N–H and O–H groups in total. The quantitative estimate of drug-likeness (QED) is 0.418. The van der Waals surface area contributed by atoms with Gasteiger partial charge in [0.25, 0.3) is 0 Å². The topological polar surface area (TPSA) is 35.5 Å². The molecule has 0 unspecified atom stereocenters. The largest absolute Gasteiger partial charge is 0.464 e. The summed E-state index contributed by atoms with van der Waals surface area (Å²) in [5.74, 6) is 0.254. The van der Waals surface area contributed by atoms with Crippen molar-refractivity contribution in [1.82, 2.24) is 0 Å². The van der Waals surface area contributed by atoms with Gasteiger partial charge in [0.2, 0.25) is 0 Å². The van der Waals surface area contributed by atoms with Gasteiger partial charge in [-0.2, -0.15) is 0 Å². The highest BCUT2D eigenvalue weighted by molar-refractivity contribution is 6.51. The second-order valence-corrected chi connectivity index (χ2v) is 10.8. The SMILES string of the molecule is CC1(C)OB(C23CC(CCC(=O)c4ccc(-c5ccccc5)cc4)(C2)C3)OC1(C)C. The Hall–Kier alpha value is -1.91. The highest BCUT2D eigenvalue weighted by Gasteiger charge is 2.75. The molecule has 1 heterocycles. The molecule has 2 bridgehead atoms. The summed E-state index contributed by atoms with van der Waals surface area (Å²) in [6.45, 7) is 8.48. The van der Waals surface area contributed by atoms with Crippen molar-refractivity contribution >= 4 is 12.9 Å². The van der Waals surface area contributed by atoms with Gasteiger partial charge >= 0.3 is 7.12 Å². The van der Waals surface area contributed by atoms with Crippen molar-refractivity contribution in [3.8, 4) is 11.1 Å². The van der Waals surface area contributed by atoms with Crippen LogP contribution in [-0.4, -0.2) is 24.1 Å². The number of hydrogen-bond donors (Lipinski definition) is 0. The third-order valence-corrected chi connectivity index (χ3v) is 8.13. The lowest BCUT2D eigenvalue weighted by Crippen LogP contribution is -2.64. The lowest BCUT2D eigenvalue weighted by Gasteiger charge is -2.71. The summed E-state index contributed by atoms with van der Waals surface area (Å²) in [7, 11) is -0.0920. The molecule has 6 rings (SSSR count). The van der Waals surface area contributed by atoms with E-state index >= 15 is 0 Å². The minimum absolute atomic E-state index is 0.0920. The average molecular weight is 402 g/mol. The first kappa shape index (κ1) is 20.0. The summed E-state index contributed by atoms with van der Waals surface area (Å²) in [6.07, 6.45) is 5.02. The van der Waals surface area contributed by atoms with E-state index in [-0.39, 0.29) is 29.4 Å². The van der Waals surface area contributed by atoms with Crippen molar-refractivity contribution in [2.45, 2.75) is 76.3 Å². The van der Waals surface area contributed by atoms with Gasteiger partial charge in [0.15, 0.2) is 5.78 Å². The van der Waals surface area contributed by atoms with Crippen LogP contribution in [0.15, 0.2) is 54.6 Å². The third kappa shape index (κ3) is 3.08. The van der Waals surface area contributed by atoms with Gasteiger partial charge in [-0.25, -0.2) is 0 Å². The Kier molecular flexibility index (Phi) is 4.37. The van der Waals surface area contributed by atoms with E-state index in [1.807, 2.05) is 30.3 Å². The van der Waals surface area contributed by atoms with E-state index in [1.54, 1.807) is 0 Å². The fourth-order valence-electron chi connectivity index (χ4n) is 5.70. The molecule has 3 saturated carbocycles. The minimum atomic E-state index is -0.262. The van der Waals surface area contributed by atoms with E-state index in [2.05, 4.69) is 52.0 Å². The van der Waals surface area contributed by atoms with Gasteiger partial charge in [0.1, 0.15) is 0 Å². The van der Waals surface area contributed by atoms with Crippen molar-refractivity contribution < 1.29 is 14.1 Å². The number of carbonyl (C=O) groups excluding carboxylic acids is 1. The van der Waals surface area contributed by atoms with Crippen molar-refractivity contribution in [3.05, 3.63) is 60.2 Å². The predicted octanol–water partition coefficient (Wildman–Crippen LogP) is 6.33. The maximum atomic E-state index is 12.8. The maximum absolute atomic E-state index is 12.8. The van der Waals surface area contributed by atoms with Gasteiger partial charge in [-0.05, 0) is 69.9 Å². The zero-order valence-corrected chi connectivity index (χ0v) is 18.5. The summed E-state index contributed by atoms with van der Waals surface area (Å²) < 4.78 is 12.6. The summed E-state index contributed by atoms with van der Waals surface area (Å²) in [6, 6.07) is 18.3. The van der Waals surface area contributed by atoms with Crippen LogP contribution < -0.4 is 0 Å². The first-order chi connectivity index (χ1) is 14.1. The molecule has 0 radical (unpaired) electrons. The van der Waals surface area contributed by atoms with Gasteiger partial charge in [-0.1, -0.05) is 54.6 Å². The Morgan fingerprint density at radius 1 is 0.833 bits per heavy atom. The van der Waals surface area contributed by atoms with Gasteiger partial charge in [0, 0.05) is 17.3 Å². The van der Waals surface area contributed by atoms with E-state index < -0.39 is 0 Å². The van der Waals surface area contributed by atoms with Crippen molar-refractivity contribution in [1.29, 1.82) is 0 Å². The summed E-state index contributed by atoms with van der Waals surface area (Å²) in [4.78, 5) is 12.8. The molecule has 4 fully saturated rings.